The third-order valence-corrected chi connectivity index (χ3v) is 6.15. The first kappa shape index (κ1) is 22.5. The van der Waals surface area contributed by atoms with E-state index in [9.17, 15) is 9.36 Å². The molecule has 0 aliphatic carbocycles. The Kier molecular flexibility index (Phi) is 5.85. The smallest absolute Gasteiger partial charge is 0.469 e. The van der Waals surface area contributed by atoms with Gasteiger partial charge >= 0.3 is 7.82 Å². The molecule has 1 fully saturated rings. The number of H-pyrrole nitrogens is 1. The van der Waals surface area contributed by atoms with E-state index in [1.807, 2.05) is 53.2 Å². The Labute approximate surface area is 194 Å². The molecule has 34 heavy (non-hydrogen) atoms. The number of phosphoric acid groups is 1. The molecule has 5 rings (SSSR count). The summed E-state index contributed by atoms with van der Waals surface area (Å²) in [4.78, 5) is 37.6. The van der Waals surface area contributed by atoms with Gasteiger partial charge in [0.1, 0.15) is 12.4 Å². The van der Waals surface area contributed by atoms with Crippen LogP contribution in [0.15, 0.2) is 71.9 Å². The number of aromatic amines is 1. The number of nitrogens with zero attached hydrogens (tertiary/aromatic N) is 2. The lowest BCUT2D eigenvalue weighted by Gasteiger charge is -2.40. The minimum atomic E-state index is -4.57. The lowest BCUT2D eigenvalue weighted by Crippen LogP contribution is -2.50. The van der Waals surface area contributed by atoms with Crippen molar-refractivity contribution in [3.05, 3.63) is 77.5 Å². The van der Waals surface area contributed by atoms with Crippen molar-refractivity contribution < 1.29 is 28.3 Å². The van der Waals surface area contributed by atoms with E-state index >= 15 is 0 Å². The highest BCUT2D eigenvalue weighted by molar-refractivity contribution is 7.46. The number of para-hydroxylation sites is 1. The normalized spacial score (nSPS) is 15.2. The van der Waals surface area contributed by atoms with Crippen LogP contribution in [0, 0.1) is 5.41 Å². The maximum atomic E-state index is 12.7. The zero-order chi connectivity index (χ0) is 23.8. The first-order valence-electron chi connectivity index (χ1n) is 10.5. The summed E-state index contributed by atoms with van der Waals surface area (Å²) in [6, 6.07) is 16.9. The molecule has 4 aromatic rings. The molecule has 0 amide bonds. The average Bonchev–Trinajstić information content (AvgIpc) is 3.19. The topological polar surface area (TPSA) is 136 Å². The van der Waals surface area contributed by atoms with Crippen LogP contribution < -0.4 is 10.3 Å². The van der Waals surface area contributed by atoms with Crippen LogP contribution in [0.2, 0.25) is 0 Å². The van der Waals surface area contributed by atoms with Crippen LogP contribution >= 0.6 is 7.82 Å². The Morgan fingerprint density at radius 1 is 1.09 bits per heavy atom. The summed E-state index contributed by atoms with van der Waals surface area (Å²) in [6.45, 7) is 0.604. The second-order valence-corrected chi connectivity index (χ2v) is 9.49. The monoisotopic (exact) mass is 483 g/mol. The number of fused-ring (bicyclic) bond motifs is 1. The van der Waals surface area contributed by atoms with E-state index in [-0.39, 0.29) is 18.8 Å². The molecule has 1 aliphatic heterocycles. The van der Waals surface area contributed by atoms with E-state index in [0.29, 0.717) is 30.0 Å². The third-order valence-electron chi connectivity index (χ3n) is 5.69. The van der Waals surface area contributed by atoms with Crippen molar-refractivity contribution in [3.8, 4) is 22.6 Å². The van der Waals surface area contributed by atoms with Crippen LogP contribution in [0.3, 0.4) is 0 Å². The molecule has 0 bridgehead atoms. The summed E-state index contributed by atoms with van der Waals surface area (Å²) in [6.07, 6.45) is 3.28. The summed E-state index contributed by atoms with van der Waals surface area (Å²) < 4.78 is 28.6. The minimum Gasteiger partial charge on any atom is -0.493 e. The van der Waals surface area contributed by atoms with Crippen molar-refractivity contribution in [2.24, 2.45) is 5.41 Å². The van der Waals surface area contributed by atoms with E-state index in [1.54, 1.807) is 12.1 Å². The second kappa shape index (κ2) is 8.83. The lowest BCUT2D eigenvalue weighted by molar-refractivity contribution is -0.151. The van der Waals surface area contributed by atoms with Crippen LogP contribution in [0.4, 0.5) is 0 Å². The van der Waals surface area contributed by atoms with Crippen LogP contribution in [0.1, 0.15) is 0 Å². The molecule has 0 spiro atoms. The van der Waals surface area contributed by atoms with Gasteiger partial charge in [-0.1, -0.05) is 30.3 Å². The van der Waals surface area contributed by atoms with E-state index in [0.717, 1.165) is 16.8 Å². The van der Waals surface area contributed by atoms with Crippen LogP contribution in [-0.4, -0.2) is 50.7 Å². The van der Waals surface area contributed by atoms with Gasteiger partial charge in [-0.3, -0.25) is 9.32 Å². The molecule has 0 saturated carbocycles. The van der Waals surface area contributed by atoms with Gasteiger partial charge in [-0.05, 0) is 29.8 Å². The highest BCUT2D eigenvalue weighted by Gasteiger charge is 2.42. The molecule has 3 heterocycles. The molecular formula is C23H22N3O7P. The predicted molar refractivity (Wildman–Crippen MR) is 124 cm³/mol. The van der Waals surface area contributed by atoms with Gasteiger partial charge in [0.05, 0.1) is 36.9 Å². The van der Waals surface area contributed by atoms with Crippen LogP contribution in [0.5, 0.6) is 5.75 Å². The van der Waals surface area contributed by atoms with Gasteiger partial charge in [0.25, 0.3) is 5.56 Å². The van der Waals surface area contributed by atoms with E-state index < -0.39 is 13.2 Å². The first-order valence-corrected chi connectivity index (χ1v) is 12.0. The fraction of sp³-hybridized carbons (Fsp3) is 0.217. The molecule has 2 aromatic carbocycles. The fourth-order valence-corrected chi connectivity index (χ4v) is 4.30. The number of phosphoric ester groups is 1. The third kappa shape index (κ3) is 4.54. The maximum absolute atomic E-state index is 12.7. The molecule has 0 radical (unpaired) electrons. The zero-order valence-electron chi connectivity index (χ0n) is 18.0. The molecule has 2 aromatic heterocycles. The summed E-state index contributed by atoms with van der Waals surface area (Å²) in [7, 11) is -4.57. The van der Waals surface area contributed by atoms with E-state index in [2.05, 4.69) is 14.5 Å². The Morgan fingerprint density at radius 2 is 1.82 bits per heavy atom. The predicted octanol–water partition coefficient (Wildman–Crippen LogP) is 2.89. The number of hydrogen-bond donors (Lipinski definition) is 3. The first-order chi connectivity index (χ1) is 16.3. The summed E-state index contributed by atoms with van der Waals surface area (Å²) >= 11 is 0. The average molecular weight is 483 g/mol. The highest BCUT2D eigenvalue weighted by Crippen LogP contribution is 2.40. The molecular weight excluding hydrogens is 461 g/mol. The van der Waals surface area contributed by atoms with Gasteiger partial charge in [-0.2, -0.15) is 0 Å². The zero-order valence-corrected chi connectivity index (χ0v) is 18.9. The Morgan fingerprint density at radius 3 is 2.47 bits per heavy atom. The lowest BCUT2D eigenvalue weighted by atomic mass is 9.88. The van der Waals surface area contributed by atoms with Gasteiger partial charge < -0.3 is 28.8 Å². The Bertz CT molecular complexity index is 1410. The van der Waals surface area contributed by atoms with Crippen molar-refractivity contribution in [2.75, 3.05) is 26.4 Å². The summed E-state index contributed by atoms with van der Waals surface area (Å²) in [5.74, 6) is 0.574. The number of hydrogen-bond acceptors (Lipinski definition) is 6. The van der Waals surface area contributed by atoms with E-state index in [1.165, 1.54) is 6.33 Å². The van der Waals surface area contributed by atoms with E-state index in [4.69, 9.17) is 19.3 Å². The quantitative estimate of drug-likeness (QED) is 0.326. The number of benzene rings is 2. The van der Waals surface area contributed by atoms with Crippen molar-refractivity contribution in [2.45, 2.75) is 0 Å². The summed E-state index contributed by atoms with van der Waals surface area (Å²) in [5.41, 5.74) is 2.16. The van der Waals surface area contributed by atoms with Gasteiger partial charge in [0, 0.05) is 17.4 Å². The molecule has 11 heteroatoms. The largest absolute Gasteiger partial charge is 0.493 e. The van der Waals surface area contributed by atoms with Gasteiger partial charge in [-0.25, -0.2) is 9.55 Å². The van der Waals surface area contributed by atoms with Crippen molar-refractivity contribution >= 4 is 18.9 Å². The van der Waals surface area contributed by atoms with Crippen LogP contribution in [-0.2, 0) is 13.8 Å². The van der Waals surface area contributed by atoms with Gasteiger partial charge in [0.15, 0.2) is 5.65 Å². The van der Waals surface area contributed by atoms with Gasteiger partial charge in [0.2, 0.25) is 0 Å². The number of aromatic nitrogens is 3. The fourth-order valence-electron chi connectivity index (χ4n) is 3.86. The SMILES string of the molecule is O=c1[nH]cnc2c1c(-c1ccc(OCC3(COP(=O)(O)O)COC3)cc1)cn2-c1ccccc1. The van der Waals surface area contributed by atoms with Crippen LogP contribution in [0.25, 0.3) is 27.8 Å². The minimum absolute atomic E-state index is 0.163. The molecule has 1 saturated heterocycles. The molecule has 0 unspecified atom stereocenters. The number of ether oxygens (including phenoxy) is 2. The van der Waals surface area contributed by atoms with Crippen molar-refractivity contribution in [3.63, 3.8) is 0 Å². The molecule has 1 aliphatic rings. The van der Waals surface area contributed by atoms with Gasteiger partial charge in [-0.15, -0.1) is 0 Å². The molecule has 3 N–H and O–H groups in total. The standard InChI is InChI=1S/C23H22N3O7P/c27-22-20-19(10-26(21(20)24-15-25-22)17-4-2-1-3-5-17)16-6-8-18(9-7-16)32-13-23(11-31-12-23)14-33-34(28,29)30/h1-10,15H,11-14H2,(H,24,25,27)(H2,28,29,30). The Hall–Kier alpha value is -3.27. The highest BCUT2D eigenvalue weighted by atomic mass is 31.2. The number of nitrogens with one attached hydrogen (secondary N) is 1. The second-order valence-electron chi connectivity index (χ2n) is 8.25. The number of rotatable bonds is 8. The molecule has 176 valence electrons. The van der Waals surface area contributed by atoms with Crippen molar-refractivity contribution in [1.82, 2.24) is 14.5 Å². The Balaban J connectivity index is 1.39. The molecule has 10 nitrogen and oxygen atoms in total. The van der Waals surface area contributed by atoms with Crippen molar-refractivity contribution in [1.29, 1.82) is 0 Å². The maximum Gasteiger partial charge on any atom is 0.469 e. The molecule has 0 atom stereocenters. The summed E-state index contributed by atoms with van der Waals surface area (Å²) in [5, 5.41) is 0.486.